The van der Waals surface area contributed by atoms with Gasteiger partial charge in [-0.1, -0.05) is 37.3 Å². The van der Waals surface area contributed by atoms with Gasteiger partial charge in [0.15, 0.2) is 0 Å². The van der Waals surface area contributed by atoms with Gasteiger partial charge < -0.3 is 9.42 Å². The van der Waals surface area contributed by atoms with Crippen molar-refractivity contribution in [3.8, 4) is 0 Å². The summed E-state index contributed by atoms with van der Waals surface area (Å²) in [5.74, 6) is 0.862. The number of fused-ring (bicyclic) bond motifs is 1. The predicted molar refractivity (Wildman–Crippen MR) is 87.6 cm³/mol. The van der Waals surface area contributed by atoms with Gasteiger partial charge in [0.05, 0.1) is 24.1 Å². The predicted octanol–water partition coefficient (Wildman–Crippen LogP) is 3.33. The van der Waals surface area contributed by atoms with Gasteiger partial charge in [-0.05, 0) is 13.8 Å². The summed E-state index contributed by atoms with van der Waals surface area (Å²) in [4.78, 5) is 7.70. The van der Waals surface area contributed by atoms with Crippen LogP contribution in [-0.2, 0) is 12.0 Å². The monoisotopic (exact) mass is 319 g/mol. The molecule has 3 rings (SSSR count). The molecule has 0 aromatic carbocycles. The lowest BCUT2D eigenvalue weighted by molar-refractivity contribution is 0.392. The molecular formula is C15H21N5OS. The number of aryl methyl sites for hydroxylation is 2. The van der Waals surface area contributed by atoms with Gasteiger partial charge in [0.1, 0.15) is 5.76 Å². The van der Waals surface area contributed by atoms with Crippen LogP contribution in [0.15, 0.2) is 10.7 Å². The molecule has 0 radical (unpaired) electrons. The smallest absolute Gasteiger partial charge is 0.214 e. The molecule has 7 heteroatoms. The van der Waals surface area contributed by atoms with E-state index in [-0.39, 0.29) is 5.41 Å². The molecule has 0 aliphatic carbocycles. The summed E-state index contributed by atoms with van der Waals surface area (Å²) in [5, 5.41) is 9.57. The minimum absolute atomic E-state index is 0.0379. The zero-order valence-corrected chi connectivity index (χ0v) is 14.7. The van der Waals surface area contributed by atoms with E-state index in [1.165, 1.54) is 0 Å². The highest BCUT2D eigenvalue weighted by Gasteiger charge is 2.20. The first-order chi connectivity index (χ1) is 10.3. The van der Waals surface area contributed by atoms with Crippen LogP contribution in [0.2, 0.25) is 0 Å². The first-order valence-electron chi connectivity index (χ1n) is 7.25. The molecule has 0 aliphatic heterocycles. The Morgan fingerprint density at radius 1 is 1.32 bits per heavy atom. The first-order valence-corrected chi connectivity index (χ1v) is 8.07. The Hall–Kier alpha value is -1.89. The fourth-order valence-electron chi connectivity index (χ4n) is 2.24. The molecule has 0 fully saturated rings. The van der Waals surface area contributed by atoms with Crippen LogP contribution in [0.4, 0.5) is 5.13 Å². The fourth-order valence-corrected chi connectivity index (χ4v) is 3.08. The van der Waals surface area contributed by atoms with E-state index in [1.54, 1.807) is 11.3 Å². The van der Waals surface area contributed by atoms with Crippen molar-refractivity contribution < 1.29 is 4.52 Å². The maximum absolute atomic E-state index is 5.22. The highest BCUT2D eigenvalue weighted by Crippen LogP contribution is 2.28. The van der Waals surface area contributed by atoms with Gasteiger partial charge in [0.25, 0.3) is 0 Å². The maximum Gasteiger partial charge on any atom is 0.214 e. The van der Waals surface area contributed by atoms with Gasteiger partial charge in [0, 0.05) is 18.0 Å². The van der Waals surface area contributed by atoms with E-state index in [1.807, 2.05) is 31.6 Å². The number of rotatable bonds is 3. The SMILES string of the molecule is Cc1noc(C)c1CN(C)c1nn2cc(C(C)(C)C)nc2s1. The van der Waals surface area contributed by atoms with Crippen LogP contribution in [-0.4, -0.2) is 26.8 Å². The molecule has 0 saturated carbocycles. The molecule has 0 atom stereocenters. The highest BCUT2D eigenvalue weighted by atomic mass is 32.1. The van der Waals surface area contributed by atoms with Gasteiger partial charge in [-0.25, -0.2) is 9.50 Å². The second-order valence-corrected chi connectivity index (χ2v) is 7.58. The van der Waals surface area contributed by atoms with Gasteiger partial charge in [-0.3, -0.25) is 0 Å². The van der Waals surface area contributed by atoms with E-state index in [9.17, 15) is 0 Å². The third-order valence-electron chi connectivity index (χ3n) is 3.70. The molecule has 0 N–H and O–H groups in total. The molecule has 118 valence electrons. The molecule has 0 amide bonds. The Bertz CT molecular complexity index is 757. The molecule has 3 aromatic rings. The number of anilines is 1. The van der Waals surface area contributed by atoms with Crippen molar-refractivity contribution in [3.05, 3.63) is 28.9 Å². The van der Waals surface area contributed by atoms with E-state index < -0.39 is 0 Å². The second-order valence-electron chi connectivity index (χ2n) is 6.65. The molecule has 3 aromatic heterocycles. The average molecular weight is 319 g/mol. The van der Waals surface area contributed by atoms with Crippen molar-refractivity contribution in [2.45, 2.75) is 46.6 Å². The van der Waals surface area contributed by atoms with Crippen LogP contribution in [0.5, 0.6) is 0 Å². The Morgan fingerprint density at radius 2 is 2.05 bits per heavy atom. The minimum Gasteiger partial charge on any atom is -0.361 e. The van der Waals surface area contributed by atoms with E-state index in [2.05, 4.69) is 40.9 Å². The fraction of sp³-hybridized carbons (Fsp3) is 0.533. The van der Waals surface area contributed by atoms with Crippen LogP contribution in [0.1, 0.15) is 43.5 Å². The zero-order valence-electron chi connectivity index (χ0n) is 13.8. The molecule has 6 nitrogen and oxygen atoms in total. The minimum atomic E-state index is 0.0379. The normalized spacial score (nSPS) is 12.3. The summed E-state index contributed by atoms with van der Waals surface area (Å²) in [7, 11) is 2.02. The van der Waals surface area contributed by atoms with E-state index in [0.29, 0.717) is 0 Å². The summed E-state index contributed by atoms with van der Waals surface area (Å²) in [5.41, 5.74) is 3.15. The summed E-state index contributed by atoms with van der Waals surface area (Å²) in [6, 6.07) is 0. The quantitative estimate of drug-likeness (QED) is 0.741. The molecule has 3 heterocycles. The number of aromatic nitrogens is 4. The third kappa shape index (κ3) is 2.61. The zero-order chi connectivity index (χ0) is 16.1. The van der Waals surface area contributed by atoms with E-state index in [4.69, 9.17) is 4.52 Å². The van der Waals surface area contributed by atoms with E-state index >= 15 is 0 Å². The van der Waals surface area contributed by atoms with Crippen LogP contribution in [0, 0.1) is 13.8 Å². The largest absolute Gasteiger partial charge is 0.361 e. The van der Waals surface area contributed by atoms with Crippen LogP contribution >= 0.6 is 11.3 Å². The number of nitrogens with zero attached hydrogens (tertiary/aromatic N) is 5. The van der Waals surface area contributed by atoms with Gasteiger partial charge in [-0.2, -0.15) is 0 Å². The van der Waals surface area contributed by atoms with Gasteiger partial charge in [-0.15, -0.1) is 5.10 Å². The summed E-state index contributed by atoms with van der Waals surface area (Å²) < 4.78 is 7.08. The van der Waals surface area contributed by atoms with Crippen LogP contribution in [0.3, 0.4) is 0 Å². The molecule has 0 saturated heterocycles. The van der Waals surface area contributed by atoms with Crippen LogP contribution < -0.4 is 4.90 Å². The summed E-state index contributed by atoms with van der Waals surface area (Å²) in [6.45, 7) is 11.1. The Labute approximate surface area is 133 Å². The van der Waals surface area contributed by atoms with Crippen molar-refractivity contribution in [1.82, 2.24) is 19.8 Å². The number of imidazole rings is 1. The summed E-state index contributed by atoms with van der Waals surface area (Å²) >= 11 is 1.59. The van der Waals surface area contributed by atoms with Crippen molar-refractivity contribution in [2.24, 2.45) is 0 Å². The maximum atomic E-state index is 5.22. The number of hydrogen-bond donors (Lipinski definition) is 0. The third-order valence-corrected chi connectivity index (χ3v) is 4.74. The Balaban J connectivity index is 1.86. The van der Waals surface area contributed by atoms with Gasteiger partial charge >= 0.3 is 0 Å². The first kappa shape index (κ1) is 15.0. The Kier molecular flexibility index (Phi) is 3.47. The number of hydrogen-bond acceptors (Lipinski definition) is 6. The van der Waals surface area contributed by atoms with Crippen molar-refractivity contribution in [3.63, 3.8) is 0 Å². The molecule has 0 spiro atoms. The van der Waals surface area contributed by atoms with Crippen molar-refractivity contribution >= 4 is 21.4 Å². The lowest BCUT2D eigenvalue weighted by Crippen LogP contribution is -2.17. The standard InChI is InChI=1S/C15H21N5OS/c1-9-11(10(2)21-18-9)7-19(6)14-17-20-8-12(15(3,4)5)16-13(20)22-14/h8H,7H2,1-6H3. The topological polar surface area (TPSA) is 59.5 Å². The van der Waals surface area contributed by atoms with Crippen LogP contribution in [0.25, 0.3) is 4.96 Å². The second kappa shape index (κ2) is 5.08. The summed E-state index contributed by atoms with van der Waals surface area (Å²) in [6.07, 6.45) is 2.01. The highest BCUT2D eigenvalue weighted by molar-refractivity contribution is 7.20. The van der Waals surface area contributed by atoms with Crippen molar-refractivity contribution in [2.75, 3.05) is 11.9 Å². The van der Waals surface area contributed by atoms with E-state index in [0.717, 1.165) is 39.3 Å². The molecule has 0 aliphatic rings. The molecule has 22 heavy (non-hydrogen) atoms. The Morgan fingerprint density at radius 3 is 2.59 bits per heavy atom. The molecule has 0 bridgehead atoms. The van der Waals surface area contributed by atoms with Crippen molar-refractivity contribution in [1.29, 1.82) is 0 Å². The average Bonchev–Trinajstić information content (AvgIpc) is 3.05. The van der Waals surface area contributed by atoms with Gasteiger partial charge in [0.2, 0.25) is 10.1 Å². The lowest BCUT2D eigenvalue weighted by atomic mass is 9.93. The molecular weight excluding hydrogens is 298 g/mol. The lowest BCUT2D eigenvalue weighted by Gasteiger charge is -2.15. The molecule has 0 unspecified atom stereocenters.